The van der Waals surface area contributed by atoms with Crippen molar-refractivity contribution in [3.8, 4) is 5.75 Å². The van der Waals surface area contributed by atoms with Gasteiger partial charge in [0.2, 0.25) is 5.91 Å². The van der Waals surface area contributed by atoms with E-state index in [0.29, 0.717) is 0 Å². The highest BCUT2D eigenvalue weighted by atomic mass is 16.5. The first-order valence-corrected chi connectivity index (χ1v) is 9.29. The summed E-state index contributed by atoms with van der Waals surface area (Å²) in [6.07, 6.45) is 3.34. The van der Waals surface area contributed by atoms with Gasteiger partial charge in [-0.1, -0.05) is 32.4 Å². The molecule has 5 heteroatoms. The number of amides is 1. The molecule has 0 bridgehead atoms. The van der Waals surface area contributed by atoms with Gasteiger partial charge in [0, 0.05) is 24.4 Å². The Morgan fingerprint density at radius 1 is 1.27 bits per heavy atom. The molecule has 0 aromatic heterocycles. The number of rotatable bonds is 3. The predicted octanol–water partition coefficient (Wildman–Crippen LogP) is 3.53. The lowest BCUT2D eigenvalue weighted by Crippen LogP contribution is -2.34. The molecule has 1 saturated heterocycles. The van der Waals surface area contributed by atoms with Gasteiger partial charge in [-0.3, -0.25) is 4.79 Å². The highest BCUT2D eigenvalue weighted by Gasteiger charge is 2.29. The summed E-state index contributed by atoms with van der Waals surface area (Å²) in [6, 6.07) is 6.81. The molecule has 2 aliphatic rings. The molecule has 3 rings (SSSR count). The number of hydrogen-bond acceptors (Lipinski definition) is 4. The second-order valence-corrected chi connectivity index (χ2v) is 6.67. The molecule has 2 N–H and O–H groups in total. The minimum absolute atomic E-state index is 0.0379. The van der Waals surface area contributed by atoms with Gasteiger partial charge in [-0.25, -0.2) is 0 Å². The molecule has 2 heterocycles. The number of morpholine rings is 1. The van der Waals surface area contributed by atoms with Crippen molar-refractivity contribution in [2.75, 3.05) is 26.3 Å². The fraction of sp³-hybridized carbons (Fsp3) is 0.476. The molecule has 0 radical (unpaired) electrons. The molecule has 1 aromatic rings. The van der Waals surface area contributed by atoms with Crippen LogP contribution < -0.4 is 5.32 Å². The van der Waals surface area contributed by atoms with Gasteiger partial charge < -0.3 is 20.1 Å². The van der Waals surface area contributed by atoms with E-state index in [4.69, 9.17) is 4.74 Å². The fourth-order valence-electron chi connectivity index (χ4n) is 3.02. The van der Waals surface area contributed by atoms with E-state index in [1.807, 2.05) is 19.1 Å². The first-order valence-electron chi connectivity index (χ1n) is 9.29. The second kappa shape index (κ2) is 9.43. The van der Waals surface area contributed by atoms with Crippen molar-refractivity contribution in [1.29, 1.82) is 0 Å². The summed E-state index contributed by atoms with van der Waals surface area (Å²) in [4.78, 5) is 14.4. The first kappa shape index (κ1) is 20.0. The fourth-order valence-corrected chi connectivity index (χ4v) is 3.02. The highest BCUT2D eigenvalue weighted by Crippen LogP contribution is 2.32. The van der Waals surface area contributed by atoms with E-state index in [-0.39, 0.29) is 17.7 Å². The zero-order valence-electron chi connectivity index (χ0n) is 16.2. The topological polar surface area (TPSA) is 61.8 Å². The number of nitrogens with zero attached hydrogens (tertiary/aromatic N) is 1. The van der Waals surface area contributed by atoms with Crippen LogP contribution >= 0.6 is 0 Å². The molecular formula is C21H30N2O3. The molecule has 1 fully saturated rings. The van der Waals surface area contributed by atoms with Crippen LogP contribution in [0, 0.1) is 0 Å². The van der Waals surface area contributed by atoms with Gasteiger partial charge in [-0.2, -0.15) is 0 Å². The van der Waals surface area contributed by atoms with Gasteiger partial charge in [-0.05, 0) is 43.2 Å². The zero-order chi connectivity index (χ0) is 19.1. The summed E-state index contributed by atoms with van der Waals surface area (Å²) in [5.74, 6) is 0.185. The number of benzene rings is 1. The normalized spacial score (nSPS) is 20.6. The summed E-state index contributed by atoms with van der Waals surface area (Å²) in [6.45, 7) is 11.4. The molecule has 0 aliphatic carbocycles. The van der Waals surface area contributed by atoms with E-state index in [1.165, 1.54) is 6.42 Å². The summed E-state index contributed by atoms with van der Waals surface area (Å²) in [5.41, 5.74) is 3.84. The van der Waals surface area contributed by atoms with Crippen molar-refractivity contribution in [3.05, 3.63) is 52.7 Å². The zero-order valence-corrected chi connectivity index (χ0v) is 16.2. The van der Waals surface area contributed by atoms with E-state index in [0.717, 1.165) is 48.7 Å². The van der Waals surface area contributed by atoms with Crippen LogP contribution in [0.4, 0.5) is 0 Å². The Morgan fingerprint density at radius 3 is 2.42 bits per heavy atom. The van der Waals surface area contributed by atoms with Crippen molar-refractivity contribution < 1.29 is 14.6 Å². The molecule has 0 spiro atoms. The van der Waals surface area contributed by atoms with Gasteiger partial charge in [-0.15, -0.1) is 0 Å². The van der Waals surface area contributed by atoms with Crippen molar-refractivity contribution in [2.24, 2.45) is 0 Å². The molecule has 142 valence electrons. The Labute approximate surface area is 156 Å². The third kappa shape index (κ3) is 4.88. The molecule has 0 saturated carbocycles. The van der Waals surface area contributed by atoms with Crippen molar-refractivity contribution in [2.45, 2.75) is 40.2 Å². The van der Waals surface area contributed by atoms with Crippen LogP contribution in [0.25, 0.3) is 0 Å². The third-order valence-corrected chi connectivity index (χ3v) is 4.46. The average molecular weight is 358 g/mol. The number of nitrogens with one attached hydrogen (secondary N) is 1. The maximum absolute atomic E-state index is 12.1. The maximum atomic E-state index is 12.1. The summed E-state index contributed by atoms with van der Waals surface area (Å²) >= 11 is 0. The van der Waals surface area contributed by atoms with Gasteiger partial charge in [0.15, 0.2) is 0 Å². The molecule has 1 amide bonds. The van der Waals surface area contributed by atoms with Gasteiger partial charge in [0.05, 0.1) is 19.3 Å². The van der Waals surface area contributed by atoms with Crippen LogP contribution in [-0.2, 0) is 9.53 Å². The number of aromatic hydroxyl groups is 1. The summed E-state index contributed by atoms with van der Waals surface area (Å²) in [5, 5.41) is 12.5. The second-order valence-electron chi connectivity index (χ2n) is 6.67. The summed E-state index contributed by atoms with van der Waals surface area (Å²) in [7, 11) is 0. The number of phenols is 1. The Hall–Kier alpha value is -2.27. The molecule has 26 heavy (non-hydrogen) atoms. The molecule has 2 aliphatic heterocycles. The van der Waals surface area contributed by atoms with Crippen molar-refractivity contribution >= 4 is 5.91 Å². The minimum atomic E-state index is -0.168. The van der Waals surface area contributed by atoms with Gasteiger partial charge in [0.25, 0.3) is 0 Å². The van der Waals surface area contributed by atoms with Gasteiger partial charge in [0.1, 0.15) is 5.75 Å². The SMILES string of the molecule is CC1=C(/C=C(\C)N2CCOCC2)C(c2ccc(O)cc2)NC1=O.CCC. The highest BCUT2D eigenvalue weighted by molar-refractivity contribution is 5.98. The number of carbonyl (C=O) groups is 1. The molecule has 1 unspecified atom stereocenters. The van der Waals surface area contributed by atoms with E-state index in [1.54, 1.807) is 12.1 Å². The van der Waals surface area contributed by atoms with E-state index < -0.39 is 0 Å². The number of phenolic OH excluding ortho intramolecular Hbond substituents is 1. The number of carbonyl (C=O) groups excluding carboxylic acids is 1. The quantitative estimate of drug-likeness (QED) is 0.868. The van der Waals surface area contributed by atoms with Crippen LogP contribution in [0.5, 0.6) is 5.75 Å². The smallest absolute Gasteiger partial charge is 0.248 e. The van der Waals surface area contributed by atoms with Crippen LogP contribution in [0.1, 0.15) is 45.7 Å². The maximum Gasteiger partial charge on any atom is 0.248 e. The average Bonchev–Trinajstić information content (AvgIpc) is 2.92. The van der Waals surface area contributed by atoms with Crippen molar-refractivity contribution in [3.63, 3.8) is 0 Å². The van der Waals surface area contributed by atoms with Crippen LogP contribution in [0.3, 0.4) is 0 Å². The third-order valence-electron chi connectivity index (χ3n) is 4.46. The van der Waals surface area contributed by atoms with Crippen LogP contribution in [0.2, 0.25) is 0 Å². The van der Waals surface area contributed by atoms with E-state index in [2.05, 4.69) is 37.1 Å². The Kier molecular flexibility index (Phi) is 7.27. The lowest BCUT2D eigenvalue weighted by atomic mass is 9.97. The molecule has 1 atom stereocenters. The van der Waals surface area contributed by atoms with Gasteiger partial charge >= 0.3 is 0 Å². The number of hydrogen-bond donors (Lipinski definition) is 2. The minimum Gasteiger partial charge on any atom is -0.508 e. The Balaban J connectivity index is 0.000000758. The standard InChI is InChI=1S/C18H22N2O3.C3H8/c1-12(20-7-9-23-10-8-20)11-16-13(2)18(22)19-17(16)14-3-5-15(21)6-4-14;1-3-2/h3-6,11,17,21H,7-10H2,1-2H3,(H,19,22);3H2,1-2H3/b12-11+;. The van der Waals surface area contributed by atoms with E-state index in [9.17, 15) is 9.90 Å². The number of ether oxygens (including phenoxy) is 1. The number of allylic oxidation sites excluding steroid dienone is 1. The van der Waals surface area contributed by atoms with Crippen LogP contribution in [0.15, 0.2) is 47.2 Å². The molecule has 1 aromatic carbocycles. The molecule has 5 nitrogen and oxygen atoms in total. The largest absolute Gasteiger partial charge is 0.508 e. The van der Waals surface area contributed by atoms with Crippen LogP contribution in [-0.4, -0.2) is 42.2 Å². The van der Waals surface area contributed by atoms with E-state index >= 15 is 0 Å². The summed E-state index contributed by atoms with van der Waals surface area (Å²) < 4.78 is 5.39. The Morgan fingerprint density at radius 2 is 1.85 bits per heavy atom. The molecular weight excluding hydrogens is 328 g/mol. The lowest BCUT2D eigenvalue weighted by molar-refractivity contribution is -0.117. The lowest BCUT2D eigenvalue weighted by Gasteiger charge is -2.30. The predicted molar refractivity (Wildman–Crippen MR) is 104 cm³/mol. The van der Waals surface area contributed by atoms with Crippen molar-refractivity contribution in [1.82, 2.24) is 10.2 Å². The Bertz CT molecular complexity index is 671. The monoisotopic (exact) mass is 358 g/mol. The first-order chi connectivity index (χ1) is 12.5.